The van der Waals surface area contributed by atoms with Gasteiger partial charge in [0.15, 0.2) is 5.75 Å². The van der Waals surface area contributed by atoms with Gasteiger partial charge in [0.1, 0.15) is 11.3 Å². The lowest BCUT2D eigenvalue weighted by Gasteiger charge is -2.13. The molecular formula is C10H13NO4. The normalized spacial score (nSPS) is 10.6. The predicted molar refractivity (Wildman–Crippen MR) is 55.2 cm³/mol. The zero-order valence-corrected chi connectivity index (χ0v) is 8.48. The molecule has 0 atom stereocenters. The second kappa shape index (κ2) is 3.68. The number of phenols is 2. The molecule has 0 spiro atoms. The van der Waals surface area contributed by atoms with Crippen molar-refractivity contribution in [3.05, 3.63) is 17.2 Å². The Morgan fingerprint density at radius 3 is 2.27 bits per heavy atom. The Labute approximate surface area is 86.8 Å². The molecule has 0 amide bonds. The third kappa shape index (κ3) is 1.81. The summed E-state index contributed by atoms with van der Waals surface area (Å²) < 4.78 is 0. The summed E-state index contributed by atoms with van der Waals surface area (Å²) in [5.74, 6) is -2.50. The summed E-state index contributed by atoms with van der Waals surface area (Å²) in [5.41, 5.74) is 5.26. The van der Waals surface area contributed by atoms with E-state index in [1.165, 1.54) is 6.07 Å². The smallest absolute Gasteiger partial charge is 0.343 e. The molecule has 1 aromatic rings. The van der Waals surface area contributed by atoms with Crippen molar-refractivity contribution >= 4 is 11.7 Å². The average Bonchev–Trinajstić information content (AvgIpc) is 2.10. The second-order valence-electron chi connectivity index (χ2n) is 3.59. The van der Waals surface area contributed by atoms with E-state index in [1.54, 1.807) is 13.8 Å². The number of carboxylic acid groups (broad SMARTS) is 1. The molecule has 0 saturated heterocycles. The van der Waals surface area contributed by atoms with E-state index in [0.29, 0.717) is 5.56 Å². The summed E-state index contributed by atoms with van der Waals surface area (Å²) in [6.07, 6.45) is 0. The first kappa shape index (κ1) is 11.2. The van der Waals surface area contributed by atoms with Gasteiger partial charge in [0.05, 0.1) is 5.69 Å². The number of aromatic hydroxyl groups is 2. The molecule has 5 N–H and O–H groups in total. The van der Waals surface area contributed by atoms with Gasteiger partial charge in [-0.2, -0.15) is 0 Å². The maximum Gasteiger partial charge on any atom is 0.343 e. The highest BCUT2D eigenvalue weighted by molar-refractivity contribution is 5.96. The van der Waals surface area contributed by atoms with E-state index in [2.05, 4.69) is 0 Å². The molecule has 0 aliphatic rings. The standard InChI is InChI=1S/C10H13NO4/c1-4(2)5-3-6(11)9(13)7(8(5)12)10(14)15/h3-4,12-13H,11H2,1-2H3,(H,14,15). The Morgan fingerprint density at radius 2 is 1.87 bits per heavy atom. The van der Waals surface area contributed by atoms with Crippen LogP contribution in [0, 0.1) is 0 Å². The zero-order chi connectivity index (χ0) is 11.7. The molecule has 0 saturated carbocycles. The molecule has 0 heterocycles. The number of anilines is 1. The molecule has 0 unspecified atom stereocenters. The van der Waals surface area contributed by atoms with Crippen molar-refractivity contribution in [1.82, 2.24) is 0 Å². The van der Waals surface area contributed by atoms with Gasteiger partial charge in [-0.15, -0.1) is 0 Å². The van der Waals surface area contributed by atoms with Gasteiger partial charge in [-0.25, -0.2) is 4.79 Å². The van der Waals surface area contributed by atoms with E-state index in [0.717, 1.165) is 0 Å². The summed E-state index contributed by atoms with van der Waals surface area (Å²) in [6, 6.07) is 1.38. The summed E-state index contributed by atoms with van der Waals surface area (Å²) in [7, 11) is 0. The lowest BCUT2D eigenvalue weighted by atomic mass is 9.97. The minimum absolute atomic E-state index is 0.0473. The highest BCUT2D eigenvalue weighted by Crippen LogP contribution is 2.38. The van der Waals surface area contributed by atoms with Crippen LogP contribution < -0.4 is 5.73 Å². The van der Waals surface area contributed by atoms with Crippen LogP contribution in [0.25, 0.3) is 0 Å². The Hall–Kier alpha value is -1.91. The van der Waals surface area contributed by atoms with Crippen LogP contribution in [0.3, 0.4) is 0 Å². The summed E-state index contributed by atoms with van der Waals surface area (Å²) in [4.78, 5) is 10.8. The van der Waals surface area contributed by atoms with Crippen molar-refractivity contribution in [2.24, 2.45) is 0 Å². The Kier molecular flexibility index (Phi) is 2.74. The average molecular weight is 211 g/mol. The van der Waals surface area contributed by atoms with Crippen LogP contribution in [-0.2, 0) is 0 Å². The number of benzene rings is 1. The van der Waals surface area contributed by atoms with Crippen molar-refractivity contribution in [3.63, 3.8) is 0 Å². The molecule has 0 aliphatic heterocycles. The van der Waals surface area contributed by atoms with Crippen molar-refractivity contribution in [2.75, 3.05) is 5.73 Å². The molecule has 1 rings (SSSR count). The number of nitrogen functional groups attached to an aromatic ring is 1. The third-order valence-electron chi connectivity index (χ3n) is 2.17. The van der Waals surface area contributed by atoms with Gasteiger partial charge in [0, 0.05) is 0 Å². The lowest BCUT2D eigenvalue weighted by Crippen LogP contribution is -2.03. The largest absolute Gasteiger partial charge is 0.507 e. The van der Waals surface area contributed by atoms with E-state index in [9.17, 15) is 15.0 Å². The Bertz CT molecular complexity index is 412. The Balaban J connectivity index is 3.56. The lowest BCUT2D eigenvalue weighted by molar-refractivity contribution is 0.0690. The van der Waals surface area contributed by atoms with Crippen LogP contribution in [-0.4, -0.2) is 21.3 Å². The van der Waals surface area contributed by atoms with Crippen molar-refractivity contribution in [3.8, 4) is 11.5 Å². The summed E-state index contributed by atoms with van der Waals surface area (Å²) >= 11 is 0. The van der Waals surface area contributed by atoms with Crippen LogP contribution in [0.15, 0.2) is 6.07 Å². The Morgan fingerprint density at radius 1 is 1.33 bits per heavy atom. The minimum atomic E-state index is -1.40. The molecule has 5 nitrogen and oxygen atoms in total. The second-order valence-corrected chi connectivity index (χ2v) is 3.59. The molecular weight excluding hydrogens is 198 g/mol. The maximum atomic E-state index is 10.8. The number of carbonyl (C=O) groups is 1. The molecule has 15 heavy (non-hydrogen) atoms. The fourth-order valence-corrected chi connectivity index (χ4v) is 1.35. The van der Waals surface area contributed by atoms with Gasteiger partial charge < -0.3 is 21.1 Å². The monoisotopic (exact) mass is 211 g/mol. The number of carboxylic acids is 1. The zero-order valence-electron chi connectivity index (χ0n) is 8.48. The van der Waals surface area contributed by atoms with Crippen molar-refractivity contribution in [1.29, 1.82) is 0 Å². The highest BCUT2D eigenvalue weighted by Gasteiger charge is 2.22. The molecule has 0 aliphatic carbocycles. The van der Waals surface area contributed by atoms with E-state index in [4.69, 9.17) is 10.8 Å². The first-order valence-corrected chi connectivity index (χ1v) is 4.43. The molecule has 0 aromatic heterocycles. The van der Waals surface area contributed by atoms with Gasteiger partial charge in [-0.05, 0) is 17.5 Å². The van der Waals surface area contributed by atoms with Crippen LogP contribution in [0.1, 0.15) is 35.7 Å². The van der Waals surface area contributed by atoms with Crippen LogP contribution in [0.2, 0.25) is 0 Å². The molecule has 0 bridgehead atoms. The first-order chi connectivity index (χ1) is 6.86. The van der Waals surface area contributed by atoms with E-state index in [1.807, 2.05) is 0 Å². The van der Waals surface area contributed by atoms with Crippen LogP contribution in [0.4, 0.5) is 5.69 Å². The number of rotatable bonds is 2. The molecule has 82 valence electrons. The SMILES string of the molecule is CC(C)c1cc(N)c(O)c(C(=O)O)c1O. The fraction of sp³-hybridized carbons (Fsp3) is 0.300. The quantitative estimate of drug-likeness (QED) is 0.337. The third-order valence-corrected chi connectivity index (χ3v) is 2.17. The van der Waals surface area contributed by atoms with Gasteiger partial charge in [0.2, 0.25) is 0 Å². The first-order valence-electron chi connectivity index (χ1n) is 4.43. The van der Waals surface area contributed by atoms with Crippen LogP contribution in [0.5, 0.6) is 11.5 Å². The van der Waals surface area contributed by atoms with Gasteiger partial charge in [0.25, 0.3) is 0 Å². The molecule has 1 aromatic carbocycles. The van der Waals surface area contributed by atoms with Crippen molar-refractivity contribution < 1.29 is 20.1 Å². The van der Waals surface area contributed by atoms with Gasteiger partial charge in [-0.3, -0.25) is 0 Å². The molecule has 0 radical (unpaired) electrons. The summed E-state index contributed by atoms with van der Waals surface area (Å²) in [6.45, 7) is 3.58. The van der Waals surface area contributed by atoms with Gasteiger partial charge in [-0.1, -0.05) is 13.8 Å². The number of nitrogens with two attached hydrogens (primary N) is 1. The number of aromatic carboxylic acids is 1. The molecule has 5 heteroatoms. The number of hydrogen-bond acceptors (Lipinski definition) is 4. The van der Waals surface area contributed by atoms with E-state index < -0.39 is 23.0 Å². The minimum Gasteiger partial charge on any atom is -0.507 e. The maximum absolute atomic E-state index is 10.8. The molecule has 0 fully saturated rings. The van der Waals surface area contributed by atoms with Crippen molar-refractivity contribution in [2.45, 2.75) is 19.8 Å². The topological polar surface area (TPSA) is 104 Å². The predicted octanol–water partition coefficient (Wildman–Crippen LogP) is 1.50. The van der Waals surface area contributed by atoms with E-state index in [-0.39, 0.29) is 11.6 Å². The van der Waals surface area contributed by atoms with Crippen LogP contribution >= 0.6 is 0 Å². The van der Waals surface area contributed by atoms with Gasteiger partial charge >= 0.3 is 5.97 Å². The van der Waals surface area contributed by atoms with E-state index >= 15 is 0 Å². The summed E-state index contributed by atoms with van der Waals surface area (Å²) in [5, 5.41) is 27.8. The number of hydrogen-bond donors (Lipinski definition) is 4. The highest BCUT2D eigenvalue weighted by atomic mass is 16.4. The fourth-order valence-electron chi connectivity index (χ4n) is 1.35.